The fourth-order valence-corrected chi connectivity index (χ4v) is 3.75. The highest BCUT2D eigenvalue weighted by Gasteiger charge is 2.37. The monoisotopic (exact) mass is 267 g/mol. The van der Waals surface area contributed by atoms with E-state index in [9.17, 15) is 0 Å². The van der Waals surface area contributed by atoms with Crippen molar-refractivity contribution in [3.05, 3.63) is 10.0 Å². The van der Waals surface area contributed by atoms with E-state index in [4.69, 9.17) is 0 Å². The van der Waals surface area contributed by atoms with Gasteiger partial charge in [0.2, 0.25) is 0 Å². The van der Waals surface area contributed by atoms with Crippen LogP contribution in [-0.2, 0) is 12.0 Å². The molecule has 102 valence electrons. The van der Waals surface area contributed by atoms with Gasteiger partial charge in [0.15, 0.2) is 0 Å². The minimum atomic E-state index is 0.141. The summed E-state index contributed by atoms with van der Waals surface area (Å²) in [5.74, 6) is 0. The standard InChI is InChI=1S/C14H25N3S/c1-5-14(8-6-7-9-14)12-17-16-11(18-12)10-15-13(2,3)4/h15H,5-10H2,1-4H3. The molecule has 3 nitrogen and oxygen atoms in total. The largest absolute Gasteiger partial charge is 0.306 e. The van der Waals surface area contributed by atoms with Crippen molar-refractivity contribution >= 4 is 11.3 Å². The van der Waals surface area contributed by atoms with Gasteiger partial charge in [-0.15, -0.1) is 10.2 Å². The molecular formula is C14H25N3S. The first-order chi connectivity index (χ1) is 8.45. The average Bonchev–Trinajstić information content (AvgIpc) is 2.95. The van der Waals surface area contributed by atoms with Crippen LogP contribution >= 0.6 is 11.3 Å². The Morgan fingerprint density at radius 3 is 2.44 bits per heavy atom. The van der Waals surface area contributed by atoms with Gasteiger partial charge in [0.1, 0.15) is 10.0 Å². The molecule has 1 saturated carbocycles. The van der Waals surface area contributed by atoms with Crippen molar-refractivity contribution in [3.8, 4) is 0 Å². The highest BCUT2D eigenvalue weighted by Crippen LogP contribution is 2.44. The second kappa shape index (κ2) is 5.25. The zero-order valence-electron chi connectivity index (χ0n) is 12.0. The second-order valence-corrected chi connectivity index (χ2v) is 7.51. The molecule has 1 aliphatic rings. The summed E-state index contributed by atoms with van der Waals surface area (Å²) in [6.45, 7) is 9.67. The highest BCUT2D eigenvalue weighted by atomic mass is 32.1. The van der Waals surface area contributed by atoms with E-state index in [1.807, 2.05) is 11.3 Å². The van der Waals surface area contributed by atoms with Crippen LogP contribution in [0, 0.1) is 0 Å². The fraction of sp³-hybridized carbons (Fsp3) is 0.857. The molecule has 1 N–H and O–H groups in total. The van der Waals surface area contributed by atoms with Crippen LogP contribution in [0.2, 0.25) is 0 Å². The third-order valence-corrected chi connectivity index (χ3v) is 5.10. The summed E-state index contributed by atoms with van der Waals surface area (Å²) >= 11 is 1.81. The summed E-state index contributed by atoms with van der Waals surface area (Å²) in [7, 11) is 0. The van der Waals surface area contributed by atoms with Gasteiger partial charge in [-0.1, -0.05) is 31.1 Å². The molecule has 0 atom stereocenters. The van der Waals surface area contributed by atoms with Gasteiger partial charge in [-0.25, -0.2) is 0 Å². The molecule has 18 heavy (non-hydrogen) atoms. The molecule has 0 unspecified atom stereocenters. The Morgan fingerprint density at radius 1 is 1.22 bits per heavy atom. The minimum Gasteiger partial charge on any atom is -0.306 e. The van der Waals surface area contributed by atoms with Crippen molar-refractivity contribution in [1.82, 2.24) is 15.5 Å². The van der Waals surface area contributed by atoms with Crippen LogP contribution in [0.15, 0.2) is 0 Å². The van der Waals surface area contributed by atoms with Crippen LogP contribution < -0.4 is 5.32 Å². The zero-order valence-corrected chi connectivity index (χ0v) is 12.9. The Labute approximate surface area is 114 Å². The van der Waals surface area contributed by atoms with E-state index < -0.39 is 0 Å². The molecule has 1 aliphatic carbocycles. The summed E-state index contributed by atoms with van der Waals surface area (Å²) in [5, 5.41) is 14.7. The lowest BCUT2D eigenvalue weighted by molar-refractivity contribution is 0.417. The van der Waals surface area contributed by atoms with Crippen LogP contribution in [0.1, 0.15) is 69.8 Å². The molecule has 0 aliphatic heterocycles. The molecule has 0 aromatic carbocycles. The summed E-state index contributed by atoms with van der Waals surface area (Å²) < 4.78 is 0. The maximum atomic E-state index is 4.47. The molecule has 4 heteroatoms. The minimum absolute atomic E-state index is 0.141. The highest BCUT2D eigenvalue weighted by molar-refractivity contribution is 7.11. The molecule has 1 aromatic rings. The zero-order chi connectivity index (χ0) is 13.2. The van der Waals surface area contributed by atoms with Gasteiger partial charge in [0.05, 0.1) is 6.54 Å². The lowest BCUT2D eigenvalue weighted by Crippen LogP contribution is -2.35. The molecule has 1 heterocycles. The third-order valence-electron chi connectivity index (χ3n) is 3.93. The van der Waals surface area contributed by atoms with Crippen molar-refractivity contribution in [2.45, 2.75) is 77.3 Å². The molecule has 1 fully saturated rings. The van der Waals surface area contributed by atoms with Crippen molar-refractivity contribution in [2.24, 2.45) is 0 Å². The number of hydrogen-bond donors (Lipinski definition) is 1. The quantitative estimate of drug-likeness (QED) is 0.905. The first-order valence-electron chi connectivity index (χ1n) is 7.03. The first kappa shape index (κ1) is 13.9. The Morgan fingerprint density at radius 2 is 1.89 bits per heavy atom. The van der Waals surface area contributed by atoms with E-state index in [-0.39, 0.29) is 5.54 Å². The van der Waals surface area contributed by atoms with Gasteiger partial charge in [0, 0.05) is 11.0 Å². The fourth-order valence-electron chi connectivity index (χ4n) is 2.65. The molecule has 0 amide bonds. The second-order valence-electron chi connectivity index (χ2n) is 6.45. The van der Waals surface area contributed by atoms with Gasteiger partial charge in [0.25, 0.3) is 0 Å². The smallest absolute Gasteiger partial charge is 0.131 e. The van der Waals surface area contributed by atoms with E-state index in [0.717, 1.165) is 11.6 Å². The summed E-state index contributed by atoms with van der Waals surface area (Å²) in [6, 6.07) is 0. The number of nitrogens with zero attached hydrogens (tertiary/aromatic N) is 2. The SMILES string of the molecule is CCC1(c2nnc(CNC(C)(C)C)s2)CCCC1. The van der Waals surface area contributed by atoms with E-state index in [2.05, 4.69) is 43.2 Å². The predicted octanol–water partition coefficient (Wildman–Crippen LogP) is 3.65. The van der Waals surface area contributed by atoms with Gasteiger partial charge in [-0.3, -0.25) is 0 Å². The molecule has 2 rings (SSSR count). The van der Waals surface area contributed by atoms with Crippen molar-refractivity contribution in [1.29, 1.82) is 0 Å². The number of nitrogens with one attached hydrogen (secondary N) is 1. The van der Waals surface area contributed by atoms with Crippen LogP contribution in [0.5, 0.6) is 0 Å². The molecule has 0 saturated heterocycles. The van der Waals surface area contributed by atoms with E-state index >= 15 is 0 Å². The van der Waals surface area contributed by atoms with Gasteiger partial charge >= 0.3 is 0 Å². The molecule has 0 radical (unpaired) electrons. The predicted molar refractivity (Wildman–Crippen MR) is 76.9 cm³/mol. The summed E-state index contributed by atoms with van der Waals surface area (Å²) in [5.41, 5.74) is 0.485. The molecule has 0 bridgehead atoms. The molecule has 1 aromatic heterocycles. The lowest BCUT2D eigenvalue weighted by atomic mass is 9.84. The van der Waals surface area contributed by atoms with E-state index in [0.29, 0.717) is 5.41 Å². The van der Waals surface area contributed by atoms with Gasteiger partial charge in [-0.05, 0) is 40.0 Å². The maximum Gasteiger partial charge on any atom is 0.131 e. The normalized spacial score (nSPS) is 19.3. The van der Waals surface area contributed by atoms with Crippen molar-refractivity contribution in [2.75, 3.05) is 0 Å². The van der Waals surface area contributed by atoms with E-state index in [1.165, 1.54) is 37.1 Å². The lowest BCUT2D eigenvalue weighted by Gasteiger charge is -2.23. The third kappa shape index (κ3) is 3.09. The van der Waals surface area contributed by atoms with Crippen LogP contribution in [0.4, 0.5) is 0 Å². The van der Waals surface area contributed by atoms with E-state index in [1.54, 1.807) is 0 Å². The number of hydrogen-bond acceptors (Lipinski definition) is 4. The van der Waals surface area contributed by atoms with Crippen LogP contribution in [0.3, 0.4) is 0 Å². The van der Waals surface area contributed by atoms with Crippen molar-refractivity contribution < 1.29 is 0 Å². The Bertz CT molecular complexity index is 386. The van der Waals surface area contributed by atoms with Crippen molar-refractivity contribution in [3.63, 3.8) is 0 Å². The maximum absolute atomic E-state index is 4.47. The Hall–Kier alpha value is -0.480. The van der Waals surface area contributed by atoms with Crippen LogP contribution in [-0.4, -0.2) is 15.7 Å². The number of aromatic nitrogens is 2. The molecular weight excluding hydrogens is 242 g/mol. The summed E-state index contributed by atoms with van der Waals surface area (Å²) in [6.07, 6.45) is 6.50. The summed E-state index contributed by atoms with van der Waals surface area (Å²) in [4.78, 5) is 0. The van der Waals surface area contributed by atoms with Crippen LogP contribution in [0.25, 0.3) is 0 Å². The number of rotatable bonds is 4. The van der Waals surface area contributed by atoms with Gasteiger partial charge in [-0.2, -0.15) is 0 Å². The topological polar surface area (TPSA) is 37.8 Å². The van der Waals surface area contributed by atoms with Gasteiger partial charge < -0.3 is 5.32 Å². The first-order valence-corrected chi connectivity index (χ1v) is 7.85. The Balaban J connectivity index is 2.05. The average molecular weight is 267 g/mol. The Kier molecular flexibility index (Phi) is 4.07. The molecule has 0 spiro atoms.